The molecule has 0 heterocycles. The van der Waals surface area contributed by atoms with Gasteiger partial charge in [-0.15, -0.1) is 0 Å². The fourth-order valence-corrected chi connectivity index (χ4v) is 3.23. The van der Waals surface area contributed by atoms with Crippen LogP contribution in [0.25, 0.3) is 0 Å². The van der Waals surface area contributed by atoms with Crippen LogP contribution in [0.15, 0.2) is 42.5 Å². The molecule has 1 amide bonds. The van der Waals surface area contributed by atoms with E-state index < -0.39 is 16.8 Å². The van der Waals surface area contributed by atoms with E-state index in [1.807, 2.05) is 25.1 Å². The molecule has 0 bridgehead atoms. The molecule has 2 rings (SSSR count). The zero-order valence-electron chi connectivity index (χ0n) is 14.2. The second-order valence-corrected chi connectivity index (χ2v) is 7.29. The number of hydrogen-bond donors (Lipinski definition) is 2. The van der Waals surface area contributed by atoms with E-state index in [4.69, 9.17) is 5.11 Å². The Morgan fingerprint density at radius 2 is 1.80 bits per heavy atom. The Morgan fingerprint density at radius 1 is 1.12 bits per heavy atom. The third kappa shape index (κ3) is 5.53. The summed E-state index contributed by atoms with van der Waals surface area (Å²) in [6, 6.07) is 12.1. The Labute approximate surface area is 149 Å². The van der Waals surface area contributed by atoms with Crippen molar-refractivity contribution in [3.63, 3.8) is 0 Å². The maximum absolute atomic E-state index is 12.2. The summed E-state index contributed by atoms with van der Waals surface area (Å²) in [5, 5.41) is 11.8. The topological polar surface area (TPSA) is 83.5 Å². The van der Waals surface area contributed by atoms with Gasteiger partial charge in [-0.3, -0.25) is 9.00 Å². The van der Waals surface area contributed by atoms with Crippen LogP contribution in [-0.4, -0.2) is 27.4 Å². The lowest BCUT2D eigenvalue weighted by Crippen LogP contribution is -2.14. The van der Waals surface area contributed by atoms with Crippen molar-refractivity contribution in [2.75, 3.05) is 11.6 Å². The molecule has 0 saturated heterocycles. The summed E-state index contributed by atoms with van der Waals surface area (Å²) in [5.74, 6) is -0.612. The first-order chi connectivity index (χ1) is 11.9. The molecule has 25 heavy (non-hydrogen) atoms. The molecule has 0 spiro atoms. The van der Waals surface area contributed by atoms with Crippen molar-refractivity contribution in [1.29, 1.82) is 0 Å². The van der Waals surface area contributed by atoms with Crippen LogP contribution in [0.5, 0.6) is 0 Å². The van der Waals surface area contributed by atoms with E-state index in [2.05, 4.69) is 5.32 Å². The fraction of sp³-hybridized carbons (Fsp3) is 0.263. The first-order valence-corrected chi connectivity index (χ1v) is 9.60. The molecule has 132 valence electrons. The van der Waals surface area contributed by atoms with Gasteiger partial charge in [0.2, 0.25) is 5.91 Å². The van der Waals surface area contributed by atoms with Crippen LogP contribution in [0.4, 0.5) is 5.69 Å². The summed E-state index contributed by atoms with van der Waals surface area (Å²) in [7, 11) is -0.936. The summed E-state index contributed by atoms with van der Waals surface area (Å²) in [6.45, 7) is 1.91. The quantitative estimate of drug-likeness (QED) is 0.795. The number of nitrogens with one attached hydrogen (secondary N) is 1. The maximum Gasteiger partial charge on any atom is 0.335 e. The zero-order chi connectivity index (χ0) is 18.4. The Bertz CT molecular complexity index is 800. The average Bonchev–Trinajstić information content (AvgIpc) is 2.56. The van der Waals surface area contributed by atoms with Gasteiger partial charge in [0.15, 0.2) is 0 Å². The number of carboxylic acid groups (broad SMARTS) is 1. The molecule has 0 aliphatic carbocycles. The molecule has 1 unspecified atom stereocenters. The van der Waals surface area contributed by atoms with Gasteiger partial charge in [0, 0.05) is 34.9 Å². The van der Waals surface area contributed by atoms with Crippen molar-refractivity contribution < 1.29 is 18.9 Å². The maximum atomic E-state index is 12.2. The van der Waals surface area contributed by atoms with Crippen molar-refractivity contribution in [2.45, 2.75) is 25.5 Å². The van der Waals surface area contributed by atoms with E-state index in [1.165, 1.54) is 12.1 Å². The average molecular weight is 359 g/mol. The predicted molar refractivity (Wildman–Crippen MR) is 99.3 cm³/mol. The largest absolute Gasteiger partial charge is 0.478 e. The molecule has 5 nitrogen and oxygen atoms in total. The van der Waals surface area contributed by atoms with Crippen LogP contribution >= 0.6 is 0 Å². The van der Waals surface area contributed by atoms with Crippen LogP contribution < -0.4 is 5.32 Å². The summed E-state index contributed by atoms with van der Waals surface area (Å²) in [6.07, 6.45) is 2.49. The van der Waals surface area contributed by atoms with E-state index in [0.29, 0.717) is 18.6 Å². The second kappa shape index (κ2) is 8.58. The van der Waals surface area contributed by atoms with Crippen LogP contribution in [0.3, 0.4) is 0 Å². The summed E-state index contributed by atoms with van der Waals surface area (Å²) >= 11 is 0. The minimum Gasteiger partial charge on any atom is -0.478 e. The van der Waals surface area contributed by atoms with E-state index in [9.17, 15) is 13.8 Å². The minimum absolute atomic E-state index is 0.111. The molecule has 0 aliphatic heterocycles. The number of anilines is 1. The lowest BCUT2D eigenvalue weighted by molar-refractivity contribution is -0.116. The van der Waals surface area contributed by atoms with Crippen molar-refractivity contribution >= 4 is 28.4 Å². The second-order valence-electron chi connectivity index (χ2n) is 5.86. The summed E-state index contributed by atoms with van der Waals surface area (Å²) < 4.78 is 11.4. The predicted octanol–water partition coefficient (Wildman–Crippen LogP) is 3.14. The Kier molecular flexibility index (Phi) is 6.47. The monoisotopic (exact) mass is 359 g/mol. The molecule has 0 aromatic heterocycles. The van der Waals surface area contributed by atoms with Crippen molar-refractivity contribution in [2.24, 2.45) is 0 Å². The van der Waals surface area contributed by atoms with Gasteiger partial charge in [0.1, 0.15) is 0 Å². The Balaban J connectivity index is 1.96. The highest BCUT2D eigenvalue weighted by Gasteiger charge is 2.09. The highest BCUT2D eigenvalue weighted by atomic mass is 32.2. The number of aromatic carboxylic acids is 1. The van der Waals surface area contributed by atoms with Gasteiger partial charge in [-0.1, -0.05) is 24.3 Å². The smallest absolute Gasteiger partial charge is 0.335 e. The summed E-state index contributed by atoms with van der Waals surface area (Å²) in [4.78, 5) is 23.0. The molecule has 6 heteroatoms. The Morgan fingerprint density at radius 3 is 2.40 bits per heavy atom. The normalized spacial score (nSPS) is 11.8. The van der Waals surface area contributed by atoms with Gasteiger partial charge >= 0.3 is 5.97 Å². The highest BCUT2D eigenvalue weighted by Crippen LogP contribution is 2.20. The fourth-order valence-electron chi connectivity index (χ4n) is 2.48. The number of aryl methyl sites for hydroxylation is 1. The SMILES string of the molecule is Cc1c(CS(C)=O)cccc1NC(=O)CCc1ccc(C(=O)O)cc1. The van der Waals surface area contributed by atoms with Crippen LogP contribution in [0.1, 0.15) is 33.5 Å². The van der Waals surface area contributed by atoms with Crippen LogP contribution in [0.2, 0.25) is 0 Å². The number of carbonyl (C=O) groups is 2. The Hall–Kier alpha value is -2.47. The van der Waals surface area contributed by atoms with E-state index in [0.717, 1.165) is 22.4 Å². The molecule has 0 aliphatic rings. The lowest BCUT2D eigenvalue weighted by Gasteiger charge is -2.12. The van der Waals surface area contributed by atoms with Gasteiger partial charge in [-0.2, -0.15) is 0 Å². The van der Waals surface area contributed by atoms with Gasteiger partial charge in [-0.25, -0.2) is 4.79 Å². The number of amides is 1. The van der Waals surface area contributed by atoms with Gasteiger partial charge in [-0.05, 0) is 48.2 Å². The van der Waals surface area contributed by atoms with Gasteiger partial charge in [0.25, 0.3) is 0 Å². The third-order valence-electron chi connectivity index (χ3n) is 3.92. The highest BCUT2D eigenvalue weighted by molar-refractivity contribution is 7.83. The van der Waals surface area contributed by atoms with Crippen molar-refractivity contribution in [1.82, 2.24) is 0 Å². The number of rotatable bonds is 7. The minimum atomic E-state index is -0.965. The number of carboxylic acids is 1. The van der Waals surface area contributed by atoms with E-state index in [1.54, 1.807) is 18.4 Å². The van der Waals surface area contributed by atoms with Gasteiger partial charge < -0.3 is 10.4 Å². The molecule has 2 aromatic carbocycles. The van der Waals surface area contributed by atoms with Gasteiger partial charge in [0.05, 0.1) is 5.56 Å². The standard InChI is InChI=1S/C19H21NO4S/c1-13-16(12-25(2)24)4-3-5-17(13)20-18(21)11-8-14-6-9-15(10-7-14)19(22)23/h3-7,9-10H,8,11-12H2,1-2H3,(H,20,21)(H,22,23). The van der Waals surface area contributed by atoms with Crippen LogP contribution in [0, 0.1) is 6.92 Å². The van der Waals surface area contributed by atoms with Crippen LogP contribution in [-0.2, 0) is 27.8 Å². The molecule has 2 aromatic rings. The third-order valence-corrected chi connectivity index (χ3v) is 4.64. The molecule has 0 saturated carbocycles. The van der Waals surface area contributed by atoms with E-state index in [-0.39, 0.29) is 11.5 Å². The molecular weight excluding hydrogens is 338 g/mol. The number of benzene rings is 2. The van der Waals surface area contributed by atoms with Crippen molar-refractivity contribution in [3.8, 4) is 0 Å². The molecule has 0 radical (unpaired) electrons. The van der Waals surface area contributed by atoms with E-state index >= 15 is 0 Å². The molecular formula is C19H21NO4S. The number of carbonyl (C=O) groups excluding carboxylic acids is 1. The first kappa shape index (κ1) is 18.9. The first-order valence-electron chi connectivity index (χ1n) is 7.87. The summed E-state index contributed by atoms with van der Waals surface area (Å²) in [5.41, 5.74) is 3.76. The zero-order valence-corrected chi connectivity index (χ0v) is 15.1. The molecule has 2 N–H and O–H groups in total. The number of hydrogen-bond acceptors (Lipinski definition) is 3. The molecule has 1 atom stereocenters. The lowest BCUT2D eigenvalue weighted by atomic mass is 10.1. The molecule has 0 fully saturated rings. The van der Waals surface area contributed by atoms with Crippen molar-refractivity contribution in [3.05, 3.63) is 64.7 Å².